The van der Waals surface area contributed by atoms with Crippen LogP contribution in [-0.2, 0) is 17.4 Å². The average Bonchev–Trinajstić information content (AvgIpc) is 2.59. The molecule has 1 aliphatic rings. The molecule has 1 aromatic carbocycles. The molecule has 134 valence electrons. The van der Waals surface area contributed by atoms with E-state index in [1.165, 1.54) is 16.6 Å². The molecule has 1 atom stereocenters. The maximum absolute atomic E-state index is 14.4. The number of nitrogens with zero attached hydrogens (tertiary/aromatic N) is 2. The molecule has 3 heterocycles. The number of aryl methyl sites for hydroxylation is 2. The van der Waals surface area contributed by atoms with Crippen LogP contribution in [0.4, 0.5) is 10.1 Å². The van der Waals surface area contributed by atoms with E-state index in [2.05, 4.69) is 4.98 Å². The number of hydrogen-bond acceptors (Lipinski definition) is 4. The smallest absolute Gasteiger partial charge is 0.361 e. The van der Waals surface area contributed by atoms with Crippen LogP contribution in [0.2, 0.25) is 5.15 Å². The van der Waals surface area contributed by atoms with E-state index < -0.39 is 22.4 Å². The van der Waals surface area contributed by atoms with Gasteiger partial charge in [-0.15, -0.1) is 0 Å². The van der Waals surface area contributed by atoms with Gasteiger partial charge in [0.2, 0.25) is 0 Å². The Hall–Kier alpha value is -2.25. The zero-order valence-corrected chi connectivity index (χ0v) is 15.6. The van der Waals surface area contributed by atoms with Gasteiger partial charge in [0.1, 0.15) is 22.2 Å². The first-order chi connectivity index (χ1) is 12.4. The summed E-state index contributed by atoms with van der Waals surface area (Å²) >= 11 is 5.90. The molecule has 0 bridgehead atoms. The van der Waals surface area contributed by atoms with Crippen molar-refractivity contribution in [2.45, 2.75) is 25.2 Å². The summed E-state index contributed by atoms with van der Waals surface area (Å²) in [6.45, 7) is 3.71. The molecule has 4 rings (SSSR count). The van der Waals surface area contributed by atoms with Gasteiger partial charge in [-0.2, -0.15) is 0 Å². The van der Waals surface area contributed by atoms with E-state index in [9.17, 15) is 13.4 Å². The van der Waals surface area contributed by atoms with E-state index in [0.29, 0.717) is 34.1 Å². The Morgan fingerprint density at radius 1 is 1.35 bits per heavy atom. The number of hydrogen-bond donors (Lipinski definition) is 0. The Kier molecular flexibility index (Phi) is 4.08. The maximum Gasteiger partial charge on any atom is 0.361 e. The van der Waals surface area contributed by atoms with Crippen LogP contribution in [0.15, 0.2) is 38.5 Å². The van der Waals surface area contributed by atoms with Crippen LogP contribution in [0.3, 0.4) is 0 Å². The summed E-state index contributed by atoms with van der Waals surface area (Å²) in [5, 5.41) is 0.560. The number of benzene rings is 1. The van der Waals surface area contributed by atoms with Crippen LogP contribution in [0.1, 0.15) is 16.7 Å². The zero-order valence-electron chi connectivity index (χ0n) is 14.0. The van der Waals surface area contributed by atoms with Crippen LogP contribution in [0, 0.1) is 19.7 Å². The number of halogens is 2. The van der Waals surface area contributed by atoms with Crippen molar-refractivity contribution < 1.29 is 13.0 Å². The van der Waals surface area contributed by atoms with Gasteiger partial charge in [0.15, 0.2) is 11.0 Å². The summed E-state index contributed by atoms with van der Waals surface area (Å²) in [5.74, 6) is -0.482. The first-order valence-corrected chi connectivity index (χ1v) is 9.43. The molecular formula is C18H14ClFN2O3S. The molecule has 0 N–H and O–H groups in total. The summed E-state index contributed by atoms with van der Waals surface area (Å²) in [7, 11) is -1.66. The van der Waals surface area contributed by atoms with Crippen molar-refractivity contribution in [3.8, 4) is 0 Å². The Bertz CT molecular complexity index is 1150. The lowest BCUT2D eigenvalue weighted by molar-refractivity contribution is 0.551. The minimum Gasteiger partial charge on any atom is -0.421 e. The molecule has 0 aliphatic carbocycles. The highest BCUT2D eigenvalue weighted by molar-refractivity contribution is 7.86. The lowest BCUT2D eigenvalue weighted by Gasteiger charge is -2.29. The third-order valence-corrected chi connectivity index (χ3v) is 6.27. The second-order valence-electron chi connectivity index (χ2n) is 6.15. The van der Waals surface area contributed by atoms with Gasteiger partial charge in [-0.1, -0.05) is 17.7 Å². The van der Waals surface area contributed by atoms with Gasteiger partial charge in [0.05, 0.1) is 10.3 Å². The topological polar surface area (TPSA) is 63.4 Å². The van der Waals surface area contributed by atoms with Gasteiger partial charge in [-0.25, -0.2) is 18.4 Å². The minimum atomic E-state index is -1.66. The summed E-state index contributed by atoms with van der Waals surface area (Å²) in [4.78, 5) is 17.1. The van der Waals surface area contributed by atoms with Crippen molar-refractivity contribution in [1.29, 1.82) is 0 Å². The van der Waals surface area contributed by atoms with Crippen LogP contribution in [-0.4, -0.2) is 15.7 Å². The van der Waals surface area contributed by atoms with Crippen LogP contribution in [0.5, 0.6) is 0 Å². The number of pyridine rings is 1. The fraction of sp³-hybridized carbons (Fsp3) is 0.222. The van der Waals surface area contributed by atoms with Crippen molar-refractivity contribution in [3.63, 3.8) is 0 Å². The van der Waals surface area contributed by atoms with Crippen molar-refractivity contribution in [2.75, 3.05) is 10.8 Å². The van der Waals surface area contributed by atoms with Gasteiger partial charge in [-0.05, 0) is 49.1 Å². The average molecular weight is 393 g/mol. The molecule has 0 radical (unpaired) electrons. The second-order valence-corrected chi connectivity index (χ2v) is 7.91. The van der Waals surface area contributed by atoms with Crippen molar-refractivity contribution in [1.82, 2.24) is 4.98 Å². The number of fused-ring (bicyclic) bond motifs is 2. The van der Waals surface area contributed by atoms with E-state index in [4.69, 9.17) is 16.0 Å². The van der Waals surface area contributed by atoms with Gasteiger partial charge in [-0.3, -0.25) is 4.31 Å². The Balaban J connectivity index is 1.93. The monoisotopic (exact) mass is 392 g/mol. The highest BCUT2D eigenvalue weighted by Gasteiger charge is 2.30. The standard InChI is InChI=1S/C18H14ClFN2O3S/c1-9-3-4-12(20)15-10(2)16(18(23)25-17(9)15)22-6-5-11-7-14(19)21-8-13(11)26(22)24/h3-4,7-8H,5-6H2,1-2H3. The number of aromatic nitrogens is 1. The van der Waals surface area contributed by atoms with E-state index in [-0.39, 0.29) is 16.7 Å². The molecule has 1 aliphatic heterocycles. The Morgan fingerprint density at radius 2 is 2.12 bits per heavy atom. The molecule has 0 saturated carbocycles. The van der Waals surface area contributed by atoms with E-state index in [0.717, 1.165) is 5.56 Å². The van der Waals surface area contributed by atoms with E-state index >= 15 is 0 Å². The molecule has 26 heavy (non-hydrogen) atoms. The number of rotatable bonds is 1. The molecule has 5 nitrogen and oxygen atoms in total. The first kappa shape index (κ1) is 17.2. The SMILES string of the molecule is Cc1ccc(F)c2c(C)c(N3CCc4cc(Cl)ncc4S3=O)c(=O)oc12. The zero-order chi connectivity index (χ0) is 18.6. The van der Waals surface area contributed by atoms with Gasteiger partial charge < -0.3 is 4.42 Å². The predicted octanol–water partition coefficient (Wildman–Crippen LogP) is 3.68. The summed E-state index contributed by atoms with van der Waals surface area (Å²) in [6, 6.07) is 4.57. The van der Waals surface area contributed by atoms with E-state index in [1.807, 2.05) is 0 Å². The van der Waals surface area contributed by atoms with Crippen LogP contribution in [0.25, 0.3) is 11.0 Å². The highest BCUT2D eigenvalue weighted by atomic mass is 35.5. The summed E-state index contributed by atoms with van der Waals surface area (Å²) < 4.78 is 34.2. The van der Waals surface area contributed by atoms with Crippen LogP contribution >= 0.6 is 11.6 Å². The van der Waals surface area contributed by atoms with Gasteiger partial charge in [0, 0.05) is 12.7 Å². The molecule has 0 amide bonds. The third-order valence-electron chi connectivity index (χ3n) is 4.56. The molecule has 0 saturated heterocycles. The fourth-order valence-electron chi connectivity index (χ4n) is 3.27. The molecular weight excluding hydrogens is 379 g/mol. The normalized spacial score (nSPS) is 16.8. The second kappa shape index (κ2) is 6.17. The Morgan fingerprint density at radius 3 is 2.88 bits per heavy atom. The quantitative estimate of drug-likeness (QED) is 0.468. The summed E-state index contributed by atoms with van der Waals surface area (Å²) in [5.41, 5.74) is 1.59. The predicted molar refractivity (Wildman–Crippen MR) is 98.6 cm³/mol. The highest BCUT2D eigenvalue weighted by Crippen LogP contribution is 2.33. The Labute approximate surface area is 156 Å². The summed E-state index contributed by atoms with van der Waals surface area (Å²) in [6.07, 6.45) is 1.99. The maximum atomic E-state index is 14.4. The van der Waals surface area contributed by atoms with E-state index in [1.54, 1.807) is 26.0 Å². The molecule has 2 aromatic heterocycles. The molecule has 3 aromatic rings. The van der Waals surface area contributed by atoms with Crippen LogP contribution < -0.4 is 9.93 Å². The first-order valence-electron chi connectivity index (χ1n) is 7.95. The fourth-order valence-corrected chi connectivity index (χ4v) is 4.85. The van der Waals surface area contributed by atoms with Gasteiger partial charge in [0.25, 0.3) is 0 Å². The third kappa shape index (κ3) is 2.54. The molecule has 0 spiro atoms. The molecule has 0 fully saturated rings. The molecule has 8 heteroatoms. The lowest BCUT2D eigenvalue weighted by atomic mass is 10.1. The minimum absolute atomic E-state index is 0.112. The lowest BCUT2D eigenvalue weighted by Crippen LogP contribution is -2.36. The van der Waals surface area contributed by atoms with Crippen molar-refractivity contribution in [2.24, 2.45) is 0 Å². The largest absolute Gasteiger partial charge is 0.421 e. The molecule has 1 unspecified atom stereocenters. The van der Waals surface area contributed by atoms with Gasteiger partial charge >= 0.3 is 5.63 Å². The van der Waals surface area contributed by atoms with Crippen molar-refractivity contribution in [3.05, 3.63) is 62.5 Å². The number of anilines is 1. The van der Waals surface area contributed by atoms with Crippen molar-refractivity contribution >= 4 is 39.2 Å².